The number of halogens is 1. The first-order valence-electron chi connectivity index (χ1n) is 5.86. The Hall–Kier alpha value is -2.32. The first-order chi connectivity index (χ1) is 9.60. The van der Waals surface area contributed by atoms with Crippen molar-refractivity contribution in [2.45, 2.75) is 11.4 Å². The standard InChI is InChI=1S/C15H11FN2OS/c16-14-6-5-12(20)7-13(14)15(19)18-9-11-3-1-10(8-17)2-4-11/h1-7,20H,9H2,(H,18,19). The maximum Gasteiger partial charge on any atom is 0.254 e. The Bertz CT molecular complexity index is 677. The van der Waals surface area contributed by atoms with Crippen molar-refractivity contribution in [3.8, 4) is 6.07 Å². The summed E-state index contributed by atoms with van der Waals surface area (Å²) in [5, 5.41) is 11.3. The number of amides is 1. The van der Waals surface area contributed by atoms with Crippen molar-refractivity contribution in [2.75, 3.05) is 0 Å². The van der Waals surface area contributed by atoms with Crippen LogP contribution in [0, 0.1) is 17.1 Å². The van der Waals surface area contributed by atoms with Crippen LogP contribution >= 0.6 is 12.6 Å². The van der Waals surface area contributed by atoms with E-state index in [4.69, 9.17) is 5.26 Å². The van der Waals surface area contributed by atoms with Gasteiger partial charge in [-0.15, -0.1) is 12.6 Å². The lowest BCUT2D eigenvalue weighted by atomic mass is 10.1. The van der Waals surface area contributed by atoms with Gasteiger partial charge in [0, 0.05) is 11.4 Å². The highest BCUT2D eigenvalue weighted by molar-refractivity contribution is 7.80. The number of carbonyl (C=O) groups excluding carboxylic acids is 1. The summed E-state index contributed by atoms with van der Waals surface area (Å²) in [6.45, 7) is 0.265. The number of thiol groups is 1. The maximum atomic E-state index is 13.5. The molecule has 0 radical (unpaired) electrons. The van der Waals surface area contributed by atoms with Crippen molar-refractivity contribution < 1.29 is 9.18 Å². The lowest BCUT2D eigenvalue weighted by molar-refractivity contribution is 0.0946. The Morgan fingerprint density at radius 1 is 1.25 bits per heavy atom. The molecule has 0 bridgehead atoms. The van der Waals surface area contributed by atoms with Crippen molar-refractivity contribution in [3.63, 3.8) is 0 Å². The Balaban J connectivity index is 2.04. The van der Waals surface area contributed by atoms with Crippen LogP contribution in [0.3, 0.4) is 0 Å². The molecule has 20 heavy (non-hydrogen) atoms. The monoisotopic (exact) mass is 286 g/mol. The molecule has 0 saturated carbocycles. The summed E-state index contributed by atoms with van der Waals surface area (Å²) in [6, 6.07) is 12.9. The van der Waals surface area contributed by atoms with Gasteiger partial charge in [-0.25, -0.2) is 4.39 Å². The minimum Gasteiger partial charge on any atom is -0.348 e. The predicted molar refractivity (Wildman–Crippen MR) is 76.0 cm³/mol. The van der Waals surface area contributed by atoms with Crippen LogP contribution in [0.1, 0.15) is 21.5 Å². The molecular weight excluding hydrogens is 275 g/mol. The van der Waals surface area contributed by atoms with E-state index >= 15 is 0 Å². The summed E-state index contributed by atoms with van der Waals surface area (Å²) in [4.78, 5) is 12.4. The van der Waals surface area contributed by atoms with Crippen LogP contribution < -0.4 is 5.32 Å². The second-order valence-corrected chi connectivity index (χ2v) is 4.67. The zero-order valence-electron chi connectivity index (χ0n) is 10.4. The highest BCUT2D eigenvalue weighted by Crippen LogP contribution is 2.13. The van der Waals surface area contributed by atoms with E-state index < -0.39 is 11.7 Å². The third-order valence-electron chi connectivity index (χ3n) is 2.73. The van der Waals surface area contributed by atoms with E-state index in [1.807, 2.05) is 6.07 Å². The lowest BCUT2D eigenvalue weighted by Gasteiger charge is -2.07. The summed E-state index contributed by atoms with van der Waals surface area (Å²) in [5.74, 6) is -1.08. The Morgan fingerprint density at radius 3 is 2.60 bits per heavy atom. The molecule has 1 N–H and O–H groups in total. The topological polar surface area (TPSA) is 52.9 Å². The van der Waals surface area contributed by atoms with Gasteiger partial charge in [-0.2, -0.15) is 5.26 Å². The summed E-state index contributed by atoms with van der Waals surface area (Å²) < 4.78 is 13.5. The van der Waals surface area contributed by atoms with Crippen molar-refractivity contribution in [1.29, 1.82) is 5.26 Å². The quantitative estimate of drug-likeness (QED) is 0.852. The first kappa shape index (κ1) is 14.1. The van der Waals surface area contributed by atoms with E-state index in [0.717, 1.165) is 5.56 Å². The van der Waals surface area contributed by atoms with Gasteiger partial charge in [0.25, 0.3) is 5.91 Å². The van der Waals surface area contributed by atoms with E-state index in [-0.39, 0.29) is 12.1 Å². The van der Waals surface area contributed by atoms with Crippen molar-refractivity contribution >= 4 is 18.5 Å². The van der Waals surface area contributed by atoms with Crippen LogP contribution in [0.4, 0.5) is 4.39 Å². The molecule has 0 aromatic heterocycles. The van der Waals surface area contributed by atoms with Gasteiger partial charge in [0.2, 0.25) is 0 Å². The van der Waals surface area contributed by atoms with Crippen molar-refractivity contribution in [1.82, 2.24) is 5.32 Å². The van der Waals surface area contributed by atoms with Crippen LogP contribution in [0.5, 0.6) is 0 Å². The van der Waals surface area contributed by atoms with Crippen LogP contribution in [0.15, 0.2) is 47.4 Å². The van der Waals surface area contributed by atoms with Crippen LogP contribution in [0.2, 0.25) is 0 Å². The van der Waals surface area contributed by atoms with E-state index in [9.17, 15) is 9.18 Å². The number of nitrogens with zero attached hydrogens (tertiary/aromatic N) is 1. The van der Waals surface area contributed by atoms with E-state index in [2.05, 4.69) is 17.9 Å². The molecule has 0 aliphatic carbocycles. The third kappa shape index (κ3) is 3.37. The Morgan fingerprint density at radius 2 is 1.95 bits per heavy atom. The SMILES string of the molecule is N#Cc1ccc(CNC(=O)c2cc(S)ccc2F)cc1. The molecule has 0 fully saturated rings. The van der Waals surface area contributed by atoms with Gasteiger partial charge in [0.1, 0.15) is 5.82 Å². The molecule has 0 saturated heterocycles. The van der Waals surface area contributed by atoms with Gasteiger partial charge < -0.3 is 5.32 Å². The molecule has 0 spiro atoms. The predicted octanol–water partition coefficient (Wildman–Crippen LogP) is 2.92. The zero-order valence-corrected chi connectivity index (χ0v) is 11.3. The second kappa shape index (κ2) is 6.22. The van der Waals surface area contributed by atoms with Crippen molar-refractivity contribution in [2.24, 2.45) is 0 Å². The molecule has 5 heteroatoms. The summed E-state index contributed by atoms with van der Waals surface area (Å²) in [6.07, 6.45) is 0. The summed E-state index contributed by atoms with van der Waals surface area (Å²) >= 11 is 4.08. The molecule has 0 aliphatic rings. The minimum atomic E-state index is -0.583. The fourth-order valence-corrected chi connectivity index (χ4v) is 1.87. The molecule has 0 unspecified atom stereocenters. The van der Waals surface area contributed by atoms with Crippen molar-refractivity contribution in [3.05, 3.63) is 65.0 Å². The van der Waals surface area contributed by atoms with E-state index in [0.29, 0.717) is 10.5 Å². The lowest BCUT2D eigenvalue weighted by Crippen LogP contribution is -2.23. The molecule has 2 rings (SSSR count). The molecule has 0 atom stereocenters. The van der Waals surface area contributed by atoms with Crippen LogP contribution in [-0.2, 0) is 6.54 Å². The van der Waals surface area contributed by atoms with Gasteiger partial charge in [0.15, 0.2) is 0 Å². The number of benzene rings is 2. The summed E-state index contributed by atoms with van der Waals surface area (Å²) in [7, 11) is 0. The van der Waals surface area contributed by atoms with Gasteiger partial charge in [-0.05, 0) is 35.9 Å². The number of hydrogen-bond acceptors (Lipinski definition) is 3. The normalized spacial score (nSPS) is 9.85. The molecule has 1 amide bonds. The second-order valence-electron chi connectivity index (χ2n) is 4.16. The van der Waals surface area contributed by atoms with Gasteiger partial charge >= 0.3 is 0 Å². The largest absolute Gasteiger partial charge is 0.348 e. The summed E-state index contributed by atoms with van der Waals surface area (Å²) in [5.41, 5.74) is 1.35. The average Bonchev–Trinajstić information content (AvgIpc) is 2.47. The molecule has 3 nitrogen and oxygen atoms in total. The highest BCUT2D eigenvalue weighted by atomic mass is 32.1. The maximum absolute atomic E-state index is 13.5. The Labute approximate surface area is 121 Å². The van der Waals surface area contributed by atoms with Gasteiger partial charge in [-0.1, -0.05) is 12.1 Å². The molecule has 0 heterocycles. The molecule has 100 valence electrons. The first-order valence-corrected chi connectivity index (χ1v) is 6.30. The van der Waals surface area contributed by atoms with Crippen LogP contribution in [-0.4, -0.2) is 5.91 Å². The molecule has 2 aromatic carbocycles. The number of rotatable bonds is 3. The van der Waals surface area contributed by atoms with Crippen LogP contribution in [0.25, 0.3) is 0 Å². The molecule has 0 aliphatic heterocycles. The van der Waals surface area contributed by atoms with E-state index in [1.54, 1.807) is 24.3 Å². The number of carbonyl (C=O) groups is 1. The smallest absolute Gasteiger partial charge is 0.254 e. The van der Waals surface area contributed by atoms with Gasteiger partial charge in [0.05, 0.1) is 17.2 Å². The number of nitriles is 1. The molecular formula is C15H11FN2OS. The average molecular weight is 286 g/mol. The number of hydrogen-bond donors (Lipinski definition) is 2. The zero-order chi connectivity index (χ0) is 14.5. The minimum absolute atomic E-state index is 0.0360. The fourth-order valence-electron chi connectivity index (χ4n) is 1.66. The highest BCUT2D eigenvalue weighted by Gasteiger charge is 2.11. The fraction of sp³-hybridized carbons (Fsp3) is 0.0667. The molecule has 2 aromatic rings. The van der Waals surface area contributed by atoms with Gasteiger partial charge in [-0.3, -0.25) is 4.79 Å². The Kier molecular flexibility index (Phi) is 4.38. The third-order valence-corrected chi connectivity index (χ3v) is 3.01. The van der Waals surface area contributed by atoms with E-state index in [1.165, 1.54) is 18.2 Å². The number of nitrogens with one attached hydrogen (secondary N) is 1.